The van der Waals surface area contributed by atoms with Crippen molar-refractivity contribution < 1.29 is 27.4 Å². The molecule has 1 aliphatic heterocycles. The summed E-state index contributed by atoms with van der Waals surface area (Å²) in [6.45, 7) is 6.82. The number of aromatic nitrogens is 2. The van der Waals surface area contributed by atoms with Gasteiger partial charge in [0.2, 0.25) is 0 Å². The molecule has 0 aliphatic carbocycles. The monoisotopic (exact) mass is 489 g/mol. The van der Waals surface area contributed by atoms with Gasteiger partial charge in [-0.2, -0.15) is 18.3 Å². The number of fused-ring (bicyclic) bond motifs is 1. The third-order valence-corrected chi connectivity index (χ3v) is 6.35. The molecule has 0 spiro atoms. The van der Waals surface area contributed by atoms with Crippen molar-refractivity contribution >= 4 is 17.0 Å². The minimum absolute atomic E-state index is 0.00692. The number of benzene rings is 2. The summed E-state index contributed by atoms with van der Waals surface area (Å²) in [7, 11) is 0. The van der Waals surface area contributed by atoms with E-state index in [1.807, 2.05) is 51.1 Å². The third-order valence-electron chi connectivity index (χ3n) is 6.35. The number of halogens is 3. The minimum Gasteiger partial charge on any atom is -0.444 e. The minimum atomic E-state index is -4.46. The zero-order valence-electron chi connectivity index (χ0n) is 20.1. The normalized spacial score (nSPS) is 16.5. The first-order chi connectivity index (χ1) is 16.5. The first kappa shape index (κ1) is 25.0. The van der Waals surface area contributed by atoms with Gasteiger partial charge in [0.05, 0.1) is 30.5 Å². The SMILES string of the molecule is CC(C)(C)OC(=O)N1CCC(COCc2cc(C(F)(F)F)cc3cn[nH]c23)(c2ccccc2)CC1. The van der Waals surface area contributed by atoms with E-state index in [0.717, 1.165) is 17.7 Å². The molecule has 6 nitrogen and oxygen atoms in total. The number of piperidine rings is 1. The van der Waals surface area contributed by atoms with Crippen LogP contribution in [0.4, 0.5) is 18.0 Å². The Kier molecular flexibility index (Phi) is 6.81. The van der Waals surface area contributed by atoms with Crippen molar-refractivity contribution in [2.45, 2.75) is 57.4 Å². The predicted molar refractivity (Wildman–Crippen MR) is 126 cm³/mol. The standard InChI is InChI=1S/C26H30F3N3O3/c1-24(2,3)35-23(33)32-11-9-25(10-12-32,20-7-5-4-6-8-20)17-34-16-19-14-21(26(27,28)29)13-18-15-30-31-22(18)19/h4-8,13-15H,9-12,16-17H2,1-3H3,(H,30,31). The van der Waals surface area contributed by atoms with Gasteiger partial charge in [0.15, 0.2) is 0 Å². The molecule has 0 unspecified atom stereocenters. The molecule has 0 radical (unpaired) electrons. The average molecular weight is 490 g/mol. The van der Waals surface area contributed by atoms with Gasteiger partial charge in [-0.3, -0.25) is 5.10 Å². The third kappa shape index (κ3) is 5.78. The van der Waals surface area contributed by atoms with Crippen molar-refractivity contribution in [3.05, 3.63) is 65.4 Å². The molecule has 1 fully saturated rings. The lowest BCUT2D eigenvalue weighted by atomic mass is 9.73. The molecule has 1 N–H and O–H groups in total. The van der Waals surface area contributed by atoms with Crippen LogP contribution in [0.25, 0.3) is 10.9 Å². The van der Waals surface area contributed by atoms with Gasteiger partial charge in [-0.15, -0.1) is 0 Å². The predicted octanol–water partition coefficient (Wildman–Crippen LogP) is 6.07. The van der Waals surface area contributed by atoms with Crippen LogP contribution in [-0.4, -0.2) is 46.5 Å². The maximum absolute atomic E-state index is 13.4. The highest BCUT2D eigenvalue weighted by Gasteiger charge is 2.39. The number of ether oxygens (including phenoxy) is 2. The molecule has 1 aliphatic rings. The van der Waals surface area contributed by atoms with Crippen LogP contribution in [0.3, 0.4) is 0 Å². The van der Waals surface area contributed by atoms with E-state index < -0.39 is 17.3 Å². The van der Waals surface area contributed by atoms with E-state index in [1.165, 1.54) is 6.20 Å². The number of carbonyl (C=O) groups excluding carboxylic acids is 1. The number of rotatable bonds is 5. The Morgan fingerprint density at radius 3 is 2.43 bits per heavy atom. The van der Waals surface area contributed by atoms with Crippen LogP contribution >= 0.6 is 0 Å². The second-order valence-corrected chi connectivity index (χ2v) is 10.1. The summed E-state index contributed by atoms with van der Waals surface area (Å²) in [4.78, 5) is 14.2. The Bertz CT molecular complexity index is 1160. The lowest BCUT2D eigenvalue weighted by Gasteiger charge is -2.42. The molecule has 9 heteroatoms. The van der Waals surface area contributed by atoms with Gasteiger partial charge in [-0.25, -0.2) is 4.79 Å². The molecule has 1 saturated heterocycles. The largest absolute Gasteiger partial charge is 0.444 e. The topological polar surface area (TPSA) is 67.4 Å². The Morgan fingerprint density at radius 2 is 1.80 bits per heavy atom. The van der Waals surface area contributed by atoms with Crippen molar-refractivity contribution in [3.8, 4) is 0 Å². The van der Waals surface area contributed by atoms with Crippen LogP contribution in [0.1, 0.15) is 50.3 Å². The van der Waals surface area contributed by atoms with E-state index in [-0.39, 0.29) is 18.1 Å². The first-order valence-corrected chi connectivity index (χ1v) is 11.6. The zero-order chi connectivity index (χ0) is 25.3. The molecule has 1 aromatic heterocycles. The number of amides is 1. The van der Waals surface area contributed by atoms with Gasteiger partial charge in [0.1, 0.15) is 5.60 Å². The lowest BCUT2D eigenvalue weighted by molar-refractivity contribution is -0.137. The summed E-state index contributed by atoms with van der Waals surface area (Å²) >= 11 is 0. The Hall–Kier alpha value is -3.07. The van der Waals surface area contributed by atoms with Crippen LogP contribution < -0.4 is 0 Å². The molecule has 2 heterocycles. The molecule has 4 rings (SSSR count). The number of H-pyrrole nitrogens is 1. The molecular formula is C26H30F3N3O3. The second kappa shape index (κ2) is 9.53. The molecule has 1 amide bonds. The fourth-order valence-corrected chi connectivity index (χ4v) is 4.52. The summed E-state index contributed by atoms with van der Waals surface area (Å²) in [6, 6.07) is 12.1. The zero-order valence-corrected chi connectivity index (χ0v) is 20.1. The number of aromatic amines is 1. The summed E-state index contributed by atoms with van der Waals surface area (Å²) in [5.41, 5.74) is 0.354. The molecule has 0 bridgehead atoms. The van der Waals surface area contributed by atoms with Gasteiger partial charge in [-0.05, 0) is 51.3 Å². The van der Waals surface area contributed by atoms with E-state index >= 15 is 0 Å². The average Bonchev–Trinajstić information content (AvgIpc) is 3.27. The van der Waals surface area contributed by atoms with E-state index in [1.54, 1.807) is 4.90 Å². The molecule has 188 valence electrons. The van der Waals surface area contributed by atoms with E-state index in [0.29, 0.717) is 49.0 Å². The molecule has 0 saturated carbocycles. The van der Waals surface area contributed by atoms with E-state index in [9.17, 15) is 18.0 Å². The van der Waals surface area contributed by atoms with Crippen LogP contribution in [0.2, 0.25) is 0 Å². The highest BCUT2D eigenvalue weighted by molar-refractivity contribution is 5.82. The number of hydrogen-bond acceptors (Lipinski definition) is 4. The maximum Gasteiger partial charge on any atom is 0.416 e. The molecule has 2 aromatic carbocycles. The van der Waals surface area contributed by atoms with Crippen LogP contribution in [0.5, 0.6) is 0 Å². The fourth-order valence-electron chi connectivity index (χ4n) is 4.52. The van der Waals surface area contributed by atoms with Crippen molar-refractivity contribution in [2.24, 2.45) is 0 Å². The van der Waals surface area contributed by atoms with Crippen molar-refractivity contribution in [1.82, 2.24) is 15.1 Å². The second-order valence-electron chi connectivity index (χ2n) is 10.1. The van der Waals surface area contributed by atoms with Crippen LogP contribution in [0.15, 0.2) is 48.7 Å². The lowest BCUT2D eigenvalue weighted by Crippen LogP contribution is -2.48. The number of alkyl halides is 3. The van der Waals surface area contributed by atoms with Crippen LogP contribution in [0, 0.1) is 0 Å². The Morgan fingerprint density at radius 1 is 1.11 bits per heavy atom. The Labute approximate surface area is 202 Å². The summed E-state index contributed by atoms with van der Waals surface area (Å²) in [6.07, 6.45) is -2.12. The number of likely N-dealkylation sites (tertiary alicyclic amines) is 1. The number of nitrogens with one attached hydrogen (secondary N) is 1. The van der Waals surface area contributed by atoms with Crippen molar-refractivity contribution in [3.63, 3.8) is 0 Å². The Balaban J connectivity index is 1.51. The van der Waals surface area contributed by atoms with Gasteiger partial charge < -0.3 is 14.4 Å². The van der Waals surface area contributed by atoms with Gasteiger partial charge in [-0.1, -0.05) is 30.3 Å². The number of nitrogens with zero attached hydrogens (tertiary/aromatic N) is 2. The molecule has 3 aromatic rings. The number of hydrogen-bond donors (Lipinski definition) is 1. The molecule has 35 heavy (non-hydrogen) atoms. The molecule has 0 atom stereocenters. The smallest absolute Gasteiger partial charge is 0.416 e. The maximum atomic E-state index is 13.4. The van der Waals surface area contributed by atoms with E-state index in [2.05, 4.69) is 10.2 Å². The van der Waals surface area contributed by atoms with Crippen LogP contribution in [-0.2, 0) is 27.7 Å². The summed E-state index contributed by atoms with van der Waals surface area (Å²) < 4.78 is 51.8. The van der Waals surface area contributed by atoms with Gasteiger partial charge in [0.25, 0.3) is 0 Å². The first-order valence-electron chi connectivity index (χ1n) is 11.6. The number of carbonyl (C=O) groups is 1. The summed E-state index contributed by atoms with van der Waals surface area (Å²) in [5, 5.41) is 7.07. The van der Waals surface area contributed by atoms with E-state index in [4.69, 9.17) is 9.47 Å². The fraction of sp³-hybridized carbons (Fsp3) is 0.462. The highest BCUT2D eigenvalue weighted by atomic mass is 19.4. The van der Waals surface area contributed by atoms with Gasteiger partial charge in [0, 0.05) is 29.5 Å². The van der Waals surface area contributed by atoms with Crippen molar-refractivity contribution in [2.75, 3.05) is 19.7 Å². The quantitative estimate of drug-likeness (QED) is 0.473. The van der Waals surface area contributed by atoms with Crippen molar-refractivity contribution in [1.29, 1.82) is 0 Å². The highest BCUT2D eigenvalue weighted by Crippen LogP contribution is 2.37. The summed E-state index contributed by atoms with van der Waals surface area (Å²) in [5.74, 6) is 0. The van der Waals surface area contributed by atoms with Gasteiger partial charge >= 0.3 is 12.3 Å². The molecular weight excluding hydrogens is 459 g/mol.